The van der Waals surface area contributed by atoms with Crippen LogP contribution in [0.3, 0.4) is 0 Å². The smallest absolute Gasteiger partial charge is 0.308 e. The zero-order valence-corrected chi connectivity index (χ0v) is 8.86. The quantitative estimate of drug-likeness (QED) is 0.688. The van der Waals surface area contributed by atoms with Crippen molar-refractivity contribution in [1.82, 2.24) is 0 Å². The number of esters is 1. The van der Waals surface area contributed by atoms with E-state index in [1.165, 1.54) is 12.7 Å². The molecular weight excluding hydrogens is 176 g/mol. The molecule has 76 valence electrons. The molecule has 2 heteroatoms. The molecule has 1 rings (SSSR count). The highest BCUT2D eigenvalue weighted by atomic mass is 16.5. The lowest BCUT2D eigenvalue weighted by molar-refractivity contribution is -0.145. The van der Waals surface area contributed by atoms with E-state index in [2.05, 4.69) is 0 Å². The third-order valence-electron chi connectivity index (χ3n) is 2.65. The molecular formula is C12H16O2. The van der Waals surface area contributed by atoms with Gasteiger partial charge in [0.05, 0.1) is 13.0 Å². The molecule has 2 atom stereocenters. The van der Waals surface area contributed by atoms with Crippen molar-refractivity contribution in [3.05, 3.63) is 35.9 Å². The highest BCUT2D eigenvalue weighted by molar-refractivity contribution is 5.73. The molecule has 0 N–H and O–H groups in total. The third kappa shape index (κ3) is 2.34. The van der Waals surface area contributed by atoms with Gasteiger partial charge >= 0.3 is 5.97 Å². The van der Waals surface area contributed by atoms with E-state index >= 15 is 0 Å². The number of hydrogen-bond donors (Lipinski definition) is 0. The molecule has 0 amide bonds. The van der Waals surface area contributed by atoms with Gasteiger partial charge in [-0.15, -0.1) is 0 Å². The standard InChI is InChI=1S/C12H16O2/c1-9(10(2)12(13)14-3)11-7-5-4-6-8-11/h4-10H,1-3H3/t9-,10-/m1/s1. The van der Waals surface area contributed by atoms with E-state index in [4.69, 9.17) is 4.74 Å². The number of carbonyl (C=O) groups is 1. The molecule has 0 unspecified atom stereocenters. The molecule has 0 spiro atoms. The maximum atomic E-state index is 11.3. The maximum absolute atomic E-state index is 11.3. The second-order valence-electron chi connectivity index (χ2n) is 3.51. The van der Waals surface area contributed by atoms with Crippen molar-refractivity contribution in [1.29, 1.82) is 0 Å². The van der Waals surface area contributed by atoms with Crippen LogP contribution in [0.4, 0.5) is 0 Å². The molecule has 0 radical (unpaired) electrons. The van der Waals surface area contributed by atoms with Gasteiger partial charge < -0.3 is 4.74 Å². The molecule has 1 aromatic carbocycles. The van der Waals surface area contributed by atoms with Crippen LogP contribution in [-0.4, -0.2) is 13.1 Å². The fraction of sp³-hybridized carbons (Fsp3) is 0.417. The van der Waals surface area contributed by atoms with Crippen LogP contribution >= 0.6 is 0 Å². The lowest BCUT2D eigenvalue weighted by Crippen LogP contribution is -2.18. The number of benzene rings is 1. The van der Waals surface area contributed by atoms with Crippen LogP contribution < -0.4 is 0 Å². The Balaban J connectivity index is 2.75. The summed E-state index contributed by atoms with van der Waals surface area (Å²) in [5.41, 5.74) is 1.17. The van der Waals surface area contributed by atoms with Crippen molar-refractivity contribution in [3.63, 3.8) is 0 Å². The Morgan fingerprint density at radius 1 is 1.21 bits per heavy atom. The summed E-state index contributed by atoms with van der Waals surface area (Å²) in [5.74, 6) is -0.0487. The summed E-state index contributed by atoms with van der Waals surface area (Å²) in [6.07, 6.45) is 0. The Morgan fingerprint density at radius 3 is 2.29 bits per heavy atom. The number of hydrogen-bond acceptors (Lipinski definition) is 2. The van der Waals surface area contributed by atoms with Crippen molar-refractivity contribution in [2.75, 3.05) is 7.11 Å². The Bertz CT molecular complexity index is 292. The SMILES string of the molecule is COC(=O)[C@H](C)[C@@H](C)c1ccccc1. The van der Waals surface area contributed by atoms with Crippen LogP contribution in [0, 0.1) is 5.92 Å². The molecule has 0 fully saturated rings. The Hall–Kier alpha value is -1.31. The molecule has 1 aromatic rings. The third-order valence-corrected chi connectivity index (χ3v) is 2.65. The van der Waals surface area contributed by atoms with Crippen LogP contribution in [-0.2, 0) is 9.53 Å². The highest BCUT2D eigenvalue weighted by Gasteiger charge is 2.21. The molecule has 0 aliphatic carbocycles. The van der Waals surface area contributed by atoms with E-state index in [-0.39, 0.29) is 17.8 Å². The predicted octanol–water partition coefficient (Wildman–Crippen LogP) is 2.60. The average Bonchev–Trinajstić information content (AvgIpc) is 2.27. The minimum Gasteiger partial charge on any atom is -0.469 e. The average molecular weight is 192 g/mol. The molecule has 14 heavy (non-hydrogen) atoms. The van der Waals surface area contributed by atoms with Gasteiger partial charge in [-0.1, -0.05) is 44.2 Å². The van der Waals surface area contributed by atoms with Crippen LogP contribution in [0.1, 0.15) is 25.3 Å². The Kier molecular flexibility index (Phi) is 3.69. The molecule has 0 saturated heterocycles. The van der Waals surface area contributed by atoms with E-state index in [0.717, 1.165) is 0 Å². The van der Waals surface area contributed by atoms with Gasteiger partial charge in [-0.3, -0.25) is 4.79 Å². The van der Waals surface area contributed by atoms with Crippen molar-refractivity contribution < 1.29 is 9.53 Å². The van der Waals surface area contributed by atoms with E-state index in [1.807, 2.05) is 44.2 Å². The van der Waals surface area contributed by atoms with Crippen molar-refractivity contribution in [3.8, 4) is 0 Å². The van der Waals surface area contributed by atoms with Gasteiger partial charge in [0, 0.05) is 0 Å². The summed E-state index contributed by atoms with van der Waals surface area (Å²) >= 11 is 0. The first-order chi connectivity index (χ1) is 6.66. The van der Waals surface area contributed by atoms with E-state index < -0.39 is 0 Å². The van der Waals surface area contributed by atoms with Crippen molar-refractivity contribution >= 4 is 5.97 Å². The summed E-state index contributed by atoms with van der Waals surface area (Å²) in [6, 6.07) is 10.00. The van der Waals surface area contributed by atoms with Crippen molar-refractivity contribution in [2.24, 2.45) is 5.92 Å². The van der Waals surface area contributed by atoms with Gasteiger partial charge in [0.2, 0.25) is 0 Å². The van der Waals surface area contributed by atoms with Crippen molar-refractivity contribution in [2.45, 2.75) is 19.8 Å². The van der Waals surface area contributed by atoms with Gasteiger partial charge in [-0.2, -0.15) is 0 Å². The number of ether oxygens (including phenoxy) is 1. The summed E-state index contributed by atoms with van der Waals surface area (Å²) in [5, 5.41) is 0. The minimum atomic E-state index is -0.152. The fourth-order valence-corrected chi connectivity index (χ4v) is 1.44. The maximum Gasteiger partial charge on any atom is 0.308 e. The lowest BCUT2D eigenvalue weighted by Gasteiger charge is -2.17. The van der Waals surface area contributed by atoms with Gasteiger partial charge in [0.1, 0.15) is 0 Å². The van der Waals surface area contributed by atoms with Crippen LogP contribution in [0.15, 0.2) is 30.3 Å². The summed E-state index contributed by atoms with van der Waals surface area (Å²) < 4.78 is 4.72. The zero-order valence-electron chi connectivity index (χ0n) is 8.86. The van der Waals surface area contributed by atoms with Gasteiger partial charge in [-0.05, 0) is 11.5 Å². The normalized spacial score (nSPS) is 14.5. The Labute approximate surface area is 84.9 Å². The first kappa shape index (κ1) is 10.8. The summed E-state index contributed by atoms with van der Waals surface area (Å²) in [6.45, 7) is 3.93. The monoisotopic (exact) mass is 192 g/mol. The number of rotatable bonds is 3. The van der Waals surface area contributed by atoms with Crippen LogP contribution in [0.25, 0.3) is 0 Å². The van der Waals surface area contributed by atoms with Crippen LogP contribution in [0.2, 0.25) is 0 Å². The van der Waals surface area contributed by atoms with Gasteiger partial charge in [-0.25, -0.2) is 0 Å². The highest BCUT2D eigenvalue weighted by Crippen LogP contribution is 2.24. The number of methoxy groups -OCH3 is 1. The van der Waals surface area contributed by atoms with E-state index in [1.54, 1.807) is 0 Å². The second-order valence-corrected chi connectivity index (χ2v) is 3.51. The first-order valence-corrected chi connectivity index (χ1v) is 4.79. The molecule has 0 aromatic heterocycles. The largest absolute Gasteiger partial charge is 0.469 e. The molecule has 0 aliphatic heterocycles. The molecule has 0 saturated carbocycles. The van der Waals surface area contributed by atoms with E-state index in [9.17, 15) is 4.79 Å². The molecule has 0 heterocycles. The van der Waals surface area contributed by atoms with Gasteiger partial charge in [0.15, 0.2) is 0 Å². The van der Waals surface area contributed by atoms with Gasteiger partial charge in [0.25, 0.3) is 0 Å². The molecule has 2 nitrogen and oxygen atoms in total. The topological polar surface area (TPSA) is 26.3 Å². The predicted molar refractivity (Wildman–Crippen MR) is 56.0 cm³/mol. The first-order valence-electron chi connectivity index (χ1n) is 4.79. The number of carbonyl (C=O) groups excluding carboxylic acids is 1. The summed E-state index contributed by atoms with van der Waals surface area (Å²) in [4.78, 5) is 11.3. The molecule has 0 aliphatic rings. The minimum absolute atomic E-state index is 0.0950. The van der Waals surface area contributed by atoms with E-state index in [0.29, 0.717) is 0 Å². The Morgan fingerprint density at radius 2 is 1.79 bits per heavy atom. The summed E-state index contributed by atoms with van der Waals surface area (Å²) in [7, 11) is 1.43. The van der Waals surface area contributed by atoms with Crippen LogP contribution in [0.5, 0.6) is 0 Å². The zero-order chi connectivity index (χ0) is 10.6. The second kappa shape index (κ2) is 4.80. The fourth-order valence-electron chi connectivity index (χ4n) is 1.44. The lowest BCUT2D eigenvalue weighted by atomic mass is 9.89. The molecule has 0 bridgehead atoms.